The summed E-state index contributed by atoms with van der Waals surface area (Å²) in [4.78, 5) is 1.95. The summed E-state index contributed by atoms with van der Waals surface area (Å²) >= 11 is 6.78. The lowest BCUT2D eigenvalue weighted by Crippen LogP contribution is -2.17. The largest absolute Gasteiger partial charge is 0.312 e. The van der Waals surface area contributed by atoms with Gasteiger partial charge in [0.1, 0.15) is 5.82 Å². The van der Waals surface area contributed by atoms with E-state index in [2.05, 4.69) is 26.6 Å². The summed E-state index contributed by atoms with van der Waals surface area (Å²) in [7, 11) is 1.93. The number of rotatable bonds is 5. The van der Waals surface area contributed by atoms with Crippen molar-refractivity contribution in [2.24, 2.45) is 0 Å². The zero-order valence-corrected chi connectivity index (χ0v) is 13.0. The Morgan fingerprint density at radius 1 is 1.39 bits per heavy atom. The lowest BCUT2D eigenvalue weighted by Gasteiger charge is -2.15. The molecule has 0 aliphatic rings. The van der Waals surface area contributed by atoms with Crippen LogP contribution in [0.1, 0.15) is 10.9 Å². The van der Waals surface area contributed by atoms with E-state index < -0.39 is 0 Å². The van der Waals surface area contributed by atoms with Gasteiger partial charge in [0, 0.05) is 20.0 Å². The molecular formula is C13H13BrFNS2. The van der Waals surface area contributed by atoms with Gasteiger partial charge in [-0.25, -0.2) is 4.39 Å². The molecule has 1 nitrogen and oxygen atoms in total. The lowest BCUT2D eigenvalue weighted by molar-refractivity contribution is 0.601. The summed E-state index contributed by atoms with van der Waals surface area (Å²) < 4.78 is 14.6. The van der Waals surface area contributed by atoms with E-state index in [9.17, 15) is 4.39 Å². The summed E-state index contributed by atoms with van der Waals surface area (Å²) in [6.07, 6.45) is 0. The number of thiophene rings is 1. The zero-order valence-electron chi connectivity index (χ0n) is 9.82. The Morgan fingerprint density at radius 2 is 2.17 bits per heavy atom. The fourth-order valence-corrected chi connectivity index (χ4v) is 4.51. The summed E-state index contributed by atoms with van der Waals surface area (Å²) in [5, 5.41) is 5.33. The van der Waals surface area contributed by atoms with Crippen molar-refractivity contribution < 1.29 is 4.39 Å². The van der Waals surface area contributed by atoms with Crippen LogP contribution in [0.3, 0.4) is 0 Å². The molecule has 1 aromatic heterocycles. The minimum atomic E-state index is -0.150. The molecule has 1 N–H and O–H groups in total. The number of thioether (sulfide) groups is 1. The maximum Gasteiger partial charge on any atom is 0.136 e. The maximum atomic E-state index is 13.5. The Balaban J connectivity index is 2.05. The van der Waals surface area contributed by atoms with Crippen molar-refractivity contribution >= 4 is 39.0 Å². The van der Waals surface area contributed by atoms with Gasteiger partial charge >= 0.3 is 0 Å². The molecular weight excluding hydrogens is 333 g/mol. The van der Waals surface area contributed by atoms with Gasteiger partial charge in [0.15, 0.2) is 0 Å². The number of nitrogens with one attached hydrogen (secondary N) is 1. The third-order valence-electron chi connectivity index (χ3n) is 2.55. The van der Waals surface area contributed by atoms with Crippen LogP contribution in [0.2, 0.25) is 0 Å². The van der Waals surface area contributed by atoms with Gasteiger partial charge < -0.3 is 5.32 Å². The lowest BCUT2D eigenvalue weighted by atomic mass is 10.3. The summed E-state index contributed by atoms with van der Waals surface area (Å²) in [5.41, 5.74) is 0. The van der Waals surface area contributed by atoms with Crippen molar-refractivity contribution in [3.8, 4) is 0 Å². The molecule has 0 spiro atoms. The maximum absolute atomic E-state index is 13.5. The van der Waals surface area contributed by atoms with Gasteiger partial charge in [0.25, 0.3) is 0 Å². The van der Waals surface area contributed by atoms with Crippen molar-refractivity contribution in [3.63, 3.8) is 0 Å². The van der Waals surface area contributed by atoms with Crippen molar-refractivity contribution in [1.82, 2.24) is 5.32 Å². The predicted octanol–water partition coefficient (Wildman–Crippen LogP) is 4.70. The average molecular weight is 346 g/mol. The molecule has 5 heteroatoms. The highest BCUT2D eigenvalue weighted by atomic mass is 79.9. The van der Waals surface area contributed by atoms with Crippen molar-refractivity contribution in [3.05, 3.63) is 50.9 Å². The Kier molecular flexibility index (Phi) is 5.24. The van der Waals surface area contributed by atoms with Crippen molar-refractivity contribution in [2.45, 2.75) is 10.9 Å². The normalized spacial score (nSPS) is 12.6. The smallest absolute Gasteiger partial charge is 0.136 e. The molecule has 0 aliphatic heterocycles. The summed E-state index contributed by atoms with van der Waals surface area (Å²) in [5.74, 6) is 0.652. The van der Waals surface area contributed by atoms with Crippen LogP contribution < -0.4 is 5.32 Å². The molecule has 1 atom stereocenters. The quantitative estimate of drug-likeness (QED) is 0.788. The second-order valence-electron chi connectivity index (χ2n) is 3.72. The van der Waals surface area contributed by atoms with Crippen molar-refractivity contribution in [1.29, 1.82) is 0 Å². The van der Waals surface area contributed by atoms with Gasteiger partial charge in [-0.2, -0.15) is 0 Å². The molecule has 1 heterocycles. The van der Waals surface area contributed by atoms with Crippen LogP contribution in [0.4, 0.5) is 4.39 Å². The molecule has 18 heavy (non-hydrogen) atoms. The molecule has 0 fully saturated rings. The second kappa shape index (κ2) is 6.70. The SMILES string of the molecule is CNC(CSc1ccccc1F)c1sccc1Br. The first kappa shape index (κ1) is 14.1. The highest BCUT2D eigenvalue weighted by molar-refractivity contribution is 9.10. The van der Waals surface area contributed by atoms with Crippen LogP contribution in [0.15, 0.2) is 45.1 Å². The van der Waals surface area contributed by atoms with E-state index in [0.29, 0.717) is 4.90 Å². The first-order valence-corrected chi connectivity index (χ1v) is 8.15. The van der Waals surface area contributed by atoms with E-state index >= 15 is 0 Å². The number of hydrogen-bond donors (Lipinski definition) is 1. The van der Waals surface area contributed by atoms with E-state index in [1.807, 2.05) is 25.2 Å². The van der Waals surface area contributed by atoms with Gasteiger partial charge in [-0.05, 0) is 46.6 Å². The second-order valence-corrected chi connectivity index (χ2v) is 6.58. The minimum Gasteiger partial charge on any atom is -0.312 e. The third kappa shape index (κ3) is 3.35. The topological polar surface area (TPSA) is 12.0 Å². The van der Waals surface area contributed by atoms with E-state index in [1.54, 1.807) is 17.4 Å². The molecule has 1 aromatic carbocycles. The van der Waals surface area contributed by atoms with Gasteiger partial charge in [-0.3, -0.25) is 0 Å². The molecule has 0 aliphatic carbocycles. The molecule has 96 valence electrons. The van der Waals surface area contributed by atoms with Gasteiger partial charge in [-0.1, -0.05) is 12.1 Å². The molecule has 0 saturated heterocycles. The van der Waals surface area contributed by atoms with Crippen LogP contribution in [-0.4, -0.2) is 12.8 Å². The fourth-order valence-electron chi connectivity index (χ4n) is 1.58. The van der Waals surface area contributed by atoms with Crippen molar-refractivity contribution in [2.75, 3.05) is 12.8 Å². The highest BCUT2D eigenvalue weighted by Gasteiger charge is 2.15. The first-order chi connectivity index (χ1) is 8.72. The standard InChI is InChI=1S/C13H13BrFNS2/c1-16-11(13-9(14)6-7-17-13)8-18-12-5-3-2-4-10(12)15/h2-7,11,16H,8H2,1H3. The van der Waals surface area contributed by atoms with Crippen LogP contribution in [0, 0.1) is 5.82 Å². The van der Waals surface area contributed by atoms with Gasteiger partial charge in [-0.15, -0.1) is 23.1 Å². The molecule has 1 unspecified atom stereocenters. The third-order valence-corrected chi connectivity index (χ3v) is 5.68. The molecule has 0 radical (unpaired) electrons. The predicted molar refractivity (Wildman–Crippen MR) is 80.9 cm³/mol. The average Bonchev–Trinajstić information content (AvgIpc) is 2.79. The summed E-state index contributed by atoms with van der Waals surface area (Å²) in [6.45, 7) is 0. The summed E-state index contributed by atoms with van der Waals surface area (Å²) in [6, 6.07) is 9.15. The van der Waals surface area contributed by atoms with E-state index in [1.165, 1.54) is 22.7 Å². The Morgan fingerprint density at radius 3 is 2.78 bits per heavy atom. The Bertz CT molecular complexity index is 515. The number of halogens is 2. The number of benzene rings is 1. The van der Waals surface area contributed by atoms with E-state index in [-0.39, 0.29) is 11.9 Å². The zero-order chi connectivity index (χ0) is 13.0. The first-order valence-electron chi connectivity index (χ1n) is 5.50. The highest BCUT2D eigenvalue weighted by Crippen LogP contribution is 2.33. The monoisotopic (exact) mass is 345 g/mol. The van der Waals surface area contributed by atoms with E-state index in [0.717, 1.165) is 10.2 Å². The van der Waals surface area contributed by atoms with Crippen LogP contribution >= 0.6 is 39.0 Å². The Hall–Kier alpha value is -0.360. The van der Waals surface area contributed by atoms with E-state index in [4.69, 9.17) is 0 Å². The van der Waals surface area contributed by atoms with Gasteiger partial charge in [0.2, 0.25) is 0 Å². The Labute approximate surface area is 123 Å². The van der Waals surface area contributed by atoms with Gasteiger partial charge in [0.05, 0.1) is 6.04 Å². The molecule has 0 bridgehead atoms. The van der Waals surface area contributed by atoms with Crippen LogP contribution in [0.5, 0.6) is 0 Å². The number of hydrogen-bond acceptors (Lipinski definition) is 3. The fraction of sp³-hybridized carbons (Fsp3) is 0.231. The molecule has 2 aromatic rings. The molecule has 0 saturated carbocycles. The minimum absolute atomic E-state index is 0.150. The van der Waals surface area contributed by atoms with Crippen LogP contribution in [-0.2, 0) is 0 Å². The molecule has 2 rings (SSSR count). The van der Waals surface area contributed by atoms with Crippen LogP contribution in [0.25, 0.3) is 0 Å². The molecule has 0 amide bonds.